The van der Waals surface area contributed by atoms with E-state index in [1.54, 1.807) is 19.2 Å². The summed E-state index contributed by atoms with van der Waals surface area (Å²) in [4.78, 5) is 15.6. The number of fused-ring (bicyclic) bond motifs is 1. The highest BCUT2D eigenvalue weighted by Crippen LogP contribution is 2.29. The van der Waals surface area contributed by atoms with Gasteiger partial charge in [0.15, 0.2) is 0 Å². The van der Waals surface area contributed by atoms with Gasteiger partial charge in [0, 0.05) is 23.3 Å². The van der Waals surface area contributed by atoms with E-state index in [4.69, 9.17) is 9.15 Å². The van der Waals surface area contributed by atoms with Gasteiger partial charge in [0.1, 0.15) is 23.9 Å². The van der Waals surface area contributed by atoms with Gasteiger partial charge in [-0.05, 0) is 43.7 Å². The average Bonchev–Trinajstić information content (AvgIpc) is 3.22. The second-order valence-electron chi connectivity index (χ2n) is 7.40. The van der Waals surface area contributed by atoms with E-state index in [2.05, 4.69) is 10.3 Å². The van der Waals surface area contributed by atoms with Crippen LogP contribution in [0.25, 0.3) is 22.2 Å². The minimum atomic E-state index is -1.21. The van der Waals surface area contributed by atoms with Crippen molar-refractivity contribution < 1.29 is 24.5 Å². The molecular weight excluding hydrogens is 376 g/mol. The molecule has 5 atom stereocenters. The van der Waals surface area contributed by atoms with Crippen molar-refractivity contribution in [3.8, 4) is 11.3 Å². The second kappa shape index (κ2) is 7.64. The lowest BCUT2D eigenvalue weighted by Gasteiger charge is -2.41. The minimum Gasteiger partial charge on any atom is -0.422 e. The Balaban J connectivity index is 1.66. The molecule has 5 N–H and O–H groups in total. The third kappa shape index (κ3) is 3.44. The fourth-order valence-corrected chi connectivity index (χ4v) is 3.94. The number of aromatic nitrogens is 1. The molecule has 1 aromatic carbocycles. The van der Waals surface area contributed by atoms with Gasteiger partial charge in [-0.1, -0.05) is 0 Å². The van der Waals surface area contributed by atoms with Crippen LogP contribution < -0.4 is 10.9 Å². The summed E-state index contributed by atoms with van der Waals surface area (Å²) in [7, 11) is 0. The molecule has 1 saturated heterocycles. The third-order valence-electron chi connectivity index (χ3n) is 5.54. The highest BCUT2D eigenvalue weighted by atomic mass is 16.5. The molecule has 0 aliphatic carbocycles. The molecule has 154 valence electrons. The lowest BCUT2D eigenvalue weighted by Crippen LogP contribution is -2.60. The molecule has 0 spiro atoms. The molecule has 5 unspecified atom stereocenters. The molecule has 3 aromatic rings. The van der Waals surface area contributed by atoms with E-state index in [1.807, 2.05) is 31.2 Å². The molecule has 4 rings (SSSR count). The first-order chi connectivity index (χ1) is 13.9. The third-order valence-corrected chi connectivity index (χ3v) is 5.54. The summed E-state index contributed by atoms with van der Waals surface area (Å²) >= 11 is 0. The molecule has 0 radical (unpaired) electrons. The predicted octanol–water partition coefficient (Wildman–Crippen LogP) is 1.38. The zero-order chi connectivity index (χ0) is 20.7. The largest absolute Gasteiger partial charge is 0.422 e. The van der Waals surface area contributed by atoms with E-state index < -0.39 is 36.1 Å². The van der Waals surface area contributed by atoms with Gasteiger partial charge in [-0.15, -0.1) is 0 Å². The van der Waals surface area contributed by atoms with Crippen molar-refractivity contribution in [2.75, 3.05) is 11.9 Å². The van der Waals surface area contributed by atoms with Crippen LogP contribution in [0, 0.1) is 6.92 Å². The first kappa shape index (κ1) is 19.7. The quantitative estimate of drug-likeness (QED) is 0.419. The monoisotopic (exact) mass is 400 g/mol. The standard InChI is InChI=1S/C21H24N2O6/c1-10-13-6-5-12(23-18-11(2)28-16(9-24)19(25)20(18)26)8-15(13)29-21(27)17(10)14-4-3-7-22-14/h3-8,11,16,18-20,22-26H,9H2,1-2H3. The Morgan fingerprint density at radius 1 is 1.21 bits per heavy atom. The van der Waals surface area contributed by atoms with Crippen LogP contribution in [0.3, 0.4) is 0 Å². The maximum atomic E-state index is 12.5. The van der Waals surface area contributed by atoms with Crippen molar-refractivity contribution in [1.82, 2.24) is 4.98 Å². The van der Waals surface area contributed by atoms with Crippen LogP contribution >= 0.6 is 0 Å². The Kier molecular flexibility index (Phi) is 5.18. The van der Waals surface area contributed by atoms with Crippen molar-refractivity contribution in [2.24, 2.45) is 0 Å². The molecule has 8 heteroatoms. The van der Waals surface area contributed by atoms with Gasteiger partial charge >= 0.3 is 5.63 Å². The summed E-state index contributed by atoms with van der Waals surface area (Å²) in [6, 6.07) is 8.38. The summed E-state index contributed by atoms with van der Waals surface area (Å²) in [5, 5.41) is 33.8. The number of rotatable bonds is 4. The number of nitrogens with one attached hydrogen (secondary N) is 2. The van der Waals surface area contributed by atoms with Crippen LogP contribution in [0.15, 0.2) is 45.7 Å². The molecular formula is C21H24N2O6. The molecule has 1 aliphatic heterocycles. The Hall–Kier alpha value is -2.65. The second-order valence-corrected chi connectivity index (χ2v) is 7.40. The molecule has 2 aromatic heterocycles. The summed E-state index contributed by atoms with van der Waals surface area (Å²) in [5.41, 5.74) is 2.59. The molecule has 1 aliphatic rings. The van der Waals surface area contributed by atoms with Crippen molar-refractivity contribution in [3.05, 3.63) is 52.5 Å². The van der Waals surface area contributed by atoms with Gasteiger partial charge in [0.25, 0.3) is 0 Å². The van der Waals surface area contributed by atoms with E-state index in [9.17, 15) is 20.1 Å². The number of aryl methyl sites for hydroxylation is 1. The van der Waals surface area contributed by atoms with E-state index in [-0.39, 0.29) is 6.61 Å². The Labute approximate surface area is 166 Å². The summed E-state index contributed by atoms with van der Waals surface area (Å²) in [5.74, 6) is 0. The fourth-order valence-electron chi connectivity index (χ4n) is 3.94. The van der Waals surface area contributed by atoms with Crippen molar-refractivity contribution in [2.45, 2.75) is 44.3 Å². The number of benzene rings is 1. The van der Waals surface area contributed by atoms with E-state index in [1.165, 1.54) is 0 Å². The van der Waals surface area contributed by atoms with E-state index in [0.29, 0.717) is 22.5 Å². The fraction of sp³-hybridized carbons (Fsp3) is 0.381. The Morgan fingerprint density at radius 2 is 2.00 bits per heavy atom. The number of anilines is 1. The zero-order valence-corrected chi connectivity index (χ0v) is 16.1. The predicted molar refractivity (Wildman–Crippen MR) is 108 cm³/mol. The van der Waals surface area contributed by atoms with Gasteiger partial charge in [-0.25, -0.2) is 4.79 Å². The first-order valence-corrected chi connectivity index (χ1v) is 9.51. The van der Waals surface area contributed by atoms with Crippen LogP contribution in [0.1, 0.15) is 12.5 Å². The molecule has 0 amide bonds. The lowest BCUT2D eigenvalue weighted by molar-refractivity contribution is -0.180. The molecule has 29 heavy (non-hydrogen) atoms. The summed E-state index contributed by atoms with van der Waals surface area (Å²) in [6.07, 6.45) is -1.87. The number of aromatic amines is 1. The zero-order valence-electron chi connectivity index (χ0n) is 16.1. The topological polar surface area (TPSA) is 128 Å². The first-order valence-electron chi connectivity index (χ1n) is 9.51. The molecule has 0 bridgehead atoms. The van der Waals surface area contributed by atoms with Gasteiger partial charge in [-0.3, -0.25) is 0 Å². The van der Waals surface area contributed by atoms with Crippen molar-refractivity contribution in [3.63, 3.8) is 0 Å². The van der Waals surface area contributed by atoms with Crippen LogP contribution in [-0.4, -0.2) is 57.4 Å². The van der Waals surface area contributed by atoms with Crippen molar-refractivity contribution in [1.29, 1.82) is 0 Å². The molecule has 8 nitrogen and oxygen atoms in total. The van der Waals surface area contributed by atoms with E-state index in [0.717, 1.165) is 10.9 Å². The Morgan fingerprint density at radius 3 is 2.69 bits per heavy atom. The SMILES string of the molecule is Cc1c(-c2ccc[nH]2)c(=O)oc2cc(NC3C(C)OC(CO)C(O)C3O)ccc12. The maximum absolute atomic E-state index is 12.5. The number of hydrogen-bond donors (Lipinski definition) is 5. The lowest BCUT2D eigenvalue weighted by atomic mass is 9.93. The van der Waals surface area contributed by atoms with Crippen molar-refractivity contribution >= 4 is 16.7 Å². The molecule has 1 fully saturated rings. The number of H-pyrrole nitrogens is 1. The van der Waals surface area contributed by atoms with Gasteiger partial charge in [-0.2, -0.15) is 0 Å². The normalized spacial score (nSPS) is 27.3. The Bertz CT molecular complexity index is 1060. The van der Waals surface area contributed by atoms with Crippen LogP contribution in [0.2, 0.25) is 0 Å². The van der Waals surface area contributed by atoms with Gasteiger partial charge in [0.2, 0.25) is 0 Å². The number of ether oxygens (including phenoxy) is 1. The highest BCUT2D eigenvalue weighted by molar-refractivity contribution is 5.88. The number of hydrogen-bond acceptors (Lipinski definition) is 7. The number of aliphatic hydroxyl groups excluding tert-OH is 3. The minimum absolute atomic E-state index is 0.376. The highest BCUT2D eigenvalue weighted by Gasteiger charge is 2.42. The maximum Gasteiger partial charge on any atom is 0.345 e. The number of aliphatic hydroxyl groups is 3. The molecule has 0 saturated carbocycles. The molecule has 3 heterocycles. The van der Waals surface area contributed by atoms with Gasteiger partial charge in [0.05, 0.1) is 30.0 Å². The summed E-state index contributed by atoms with van der Waals surface area (Å²) in [6.45, 7) is 3.25. The van der Waals surface area contributed by atoms with Crippen LogP contribution in [-0.2, 0) is 4.74 Å². The average molecular weight is 400 g/mol. The van der Waals surface area contributed by atoms with Gasteiger partial charge < -0.3 is 34.8 Å². The van der Waals surface area contributed by atoms with E-state index >= 15 is 0 Å². The summed E-state index contributed by atoms with van der Waals surface area (Å²) < 4.78 is 11.1. The van der Waals surface area contributed by atoms with Crippen LogP contribution in [0.4, 0.5) is 5.69 Å². The van der Waals surface area contributed by atoms with Crippen LogP contribution in [0.5, 0.6) is 0 Å². The smallest absolute Gasteiger partial charge is 0.345 e.